The molecule has 13 heteroatoms. The zero-order valence-electron chi connectivity index (χ0n) is 23.0. The molecule has 0 unspecified atom stereocenters. The van der Waals surface area contributed by atoms with Gasteiger partial charge in [-0.3, -0.25) is 9.59 Å². The molecule has 4 aromatic rings. The molecule has 0 atom stereocenters. The Labute approximate surface area is 262 Å². The molecule has 3 aromatic carbocycles. The summed E-state index contributed by atoms with van der Waals surface area (Å²) in [6.45, 7) is -0.218. The van der Waals surface area contributed by atoms with Crippen molar-refractivity contribution in [3.63, 3.8) is 0 Å². The van der Waals surface area contributed by atoms with E-state index in [1.54, 1.807) is 11.5 Å². The second-order valence-corrected chi connectivity index (χ2v) is 12.5. The lowest BCUT2D eigenvalue weighted by Crippen LogP contribution is -2.44. The first-order valence-corrected chi connectivity index (χ1v) is 15.1. The number of halogens is 8. The van der Waals surface area contributed by atoms with E-state index in [-0.39, 0.29) is 44.2 Å². The van der Waals surface area contributed by atoms with Crippen molar-refractivity contribution in [3.8, 4) is 11.1 Å². The number of benzene rings is 3. The highest BCUT2D eigenvalue weighted by molar-refractivity contribution is 7.21. The fourth-order valence-electron chi connectivity index (χ4n) is 5.50. The van der Waals surface area contributed by atoms with E-state index in [1.165, 1.54) is 35.2 Å². The number of nitrogens with zero attached hydrogens (tertiary/aromatic N) is 2. The third kappa shape index (κ3) is 6.47. The van der Waals surface area contributed by atoms with Crippen LogP contribution < -0.4 is 0 Å². The number of amides is 1. The lowest BCUT2D eigenvalue weighted by atomic mass is 9.89. The summed E-state index contributed by atoms with van der Waals surface area (Å²) in [5.41, 5.74) is 0.437. The van der Waals surface area contributed by atoms with Crippen LogP contribution in [0.2, 0.25) is 5.02 Å². The summed E-state index contributed by atoms with van der Waals surface area (Å²) < 4.78 is 84.3. The number of thiophene rings is 1. The molecule has 232 valence electrons. The summed E-state index contributed by atoms with van der Waals surface area (Å²) in [5, 5.41) is -0.429. The zero-order chi connectivity index (χ0) is 31.9. The minimum atomic E-state index is -5.02. The predicted molar refractivity (Wildman–Crippen MR) is 159 cm³/mol. The van der Waals surface area contributed by atoms with Crippen LogP contribution >= 0.6 is 34.7 Å². The highest BCUT2D eigenvalue weighted by atomic mass is 35.5. The van der Waals surface area contributed by atoms with E-state index in [4.69, 9.17) is 23.4 Å². The van der Waals surface area contributed by atoms with Crippen molar-refractivity contribution in [2.75, 3.05) is 7.05 Å². The second-order valence-electron chi connectivity index (χ2n) is 10.6. The minimum Gasteiger partial charge on any atom is -0.330 e. The van der Waals surface area contributed by atoms with Gasteiger partial charge in [0.05, 0.1) is 15.1 Å². The third-order valence-electron chi connectivity index (χ3n) is 7.87. The average Bonchev–Trinajstić information content (AvgIpc) is 3.36. The normalized spacial score (nSPS) is 17.3. The van der Waals surface area contributed by atoms with Crippen molar-refractivity contribution in [1.29, 1.82) is 0 Å². The van der Waals surface area contributed by atoms with Crippen LogP contribution in [-0.2, 0) is 6.54 Å². The van der Waals surface area contributed by atoms with Crippen LogP contribution in [0.3, 0.4) is 0 Å². The number of hydrogen-bond acceptors (Lipinski definition) is 4. The maximum atomic E-state index is 15.2. The van der Waals surface area contributed by atoms with Crippen LogP contribution in [0.25, 0.3) is 21.2 Å². The average molecular weight is 674 g/mol. The van der Waals surface area contributed by atoms with Gasteiger partial charge in [0.15, 0.2) is 0 Å². The number of fused-ring (bicyclic) bond motifs is 1. The first kappa shape index (κ1) is 32.3. The molecule has 1 fully saturated rings. The van der Waals surface area contributed by atoms with Gasteiger partial charge in [-0.1, -0.05) is 41.9 Å². The largest absolute Gasteiger partial charge is 0.454 e. The fourth-order valence-corrected chi connectivity index (χ4v) is 7.20. The van der Waals surface area contributed by atoms with Crippen LogP contribution in [0, 0.1) is 17.5 Å². The fraction of sp³-hybridized carbons (Fsp3) is 0.290. The van der Waals surface area contributed by atoms with Crippen LogP contribution in [0.1, 0.15) is 51.3 Å². The summed E-state index contributed by atoms with van der Waals surface area (Å²) in [5.74, 6) is -4.73. The molecule has 44 heavy (non-hydrogen) atoms. The van der Waals surface area contributed by atoms with Gasteiger partial charge in [-0.25, -0.2) is 17.6 Å². The van der Waals surface area contributed by atoms with E-state index in [0.717, 1.165) is 35.6 Å². The summed E-state index contributed by atoms with van der Waals surface area (Å²) in [7, 11) is 1.74. The first-order valence-electron chi connectivity index (χ1n) is 13.5. The topological polar surface area (TPSA) is 40.6 Å². The summed E-state index contributed by atoms with van der Waals surface area (Å²) in [6.07, 6.45) is -2.69. The molecule has 0 radical (unpaired) electrons. The maximum absolute atomic E-state index is 15.2. The van der Waals surface area contributed by atoms with E-state index in [1.807, 2.05) is 0 Å². The van der Waals surface area contributed by atoms with Crippen molar-refractivity contribution in [2.24, 2.45) is 0 Å². The Balaban J connectivity index is 1.50. The third-order valence-corrected chi connectivity index (χ3v) is 9.82. The molecule has 1 aromatic heterocycles. The smallest absolute Gasteiger partial charge is 0.330 e. The molecule has 1 saturated carbocycles. The van der Waals surface area contributed by atoms with Crippen molar-refractivity contribution < 1.29 is 35.9 Å². The number of Topliss-reactive ketones (excluding diaryl/α,β-unsaturated/α-hetero) is 1. The van der Waals surface area contributed by atoms with Gasteiger partial charge in [-0.15, -0.1) is 11.3 Å². The van der Waals surface area contributed by atoms with Crippen LogP contribution in [0.15, 0.2) is 54.6 Å². The van der Waals surface area contributed by atoms with Gasteiger partial charge < -0.3 is 4.90 Å². The van der Waals surface area contributed by atoms with Crippen molar-refractivity contribution >= 4 is 56.5 Å². The number of ketones is 1. The number of alkyl halides is 3. The lowest BCUT2D eigenvalue weighted by Gasteiger charge is -2.38. The van der Waals surface area contributed by atoms with Crippen LogP contribution in [0.4, 0.5) is 26.3 Å². The first-order chi connectivity index (χ1) is 20.8. The van der Waals surface area contributed by atoms with Gasteiger partial charge >= 0.3 is 6.18 Å². The molecule has 0 bridgehead atoms. The van der Waals surface area contributed by atoms with E-state index in [9.17, 15) is 31.5 Å². The zero-order valence-corrected chi connectivity index (χ0v) is 25.4. The summed E-state index contributed by atoms with van der Waals surface area (Å²) in [6, 6.07) is 10.4. The van der Waals surface area contributed by atoms with Gasteiger partial charge in [-0.2, -0.15) is 13.2 Å². The minimum absolute atomic E-state index is 0.0632. The summed E-state index contributed by atoms with van der Waals surface area (Å²) >= 11 is 13.3. The summed E-state index contributed by atoms with van der Waals surface area (Å²) in [4.78, 5) is 27.0. The highest BCUT2D eigenvalue weighted by Crippen LogP contribution is 2.40. The number of carbonyl (C=O) groups is 2. The molecule has 4 nitrogen and oxygen atoms in total. The van der Waals surface area contributed by atoms with Crippen molar-refractivity contribution in [2.45, 2.75) is 50.5 Å². The number of hydrogen-bond donors (Lipinski definition) is 0. The van der Waals surface area contributed by atoms with E-state index < -0.39 is 40.9 Å². The Bertz CT molecular complexity index is 1720. The molecule has 0 N–H and O–H groups in total. The predicted octanol–water partition coefficient (Wildman–Crippen LogP) is 9.42. The molecule has 0 spiro atoms. The van der Waals surface area contributed by atoms with Gasteiger partial charge in [0, 0.05) is 36.8 Å². The Morgan fingerprint density at radius 2 is 1.43 bits per heavy atom. The molecule has 1 aliphatic carbocycles. The van der Waals surface area contributed by atoms with E-state index in [0.29, 0.717) is 36.8 Å². The quantitative estimate of drug-likeness (QED) is 0.112. The number of rotatable bonds is 7. The molecule has 1 amide bonds. The molecule has 0 saturated heterocycles. The molecular formula is C31H24Cl2F6N2O2S. The van der Waals surface area contributed by atoms with Crippen molar-refractivity contribution in [1.82, 2.24) is 9.32 Å². The lowest BCUT2D eigenvalue weighted by molar-refractivity contribution is -0.0885. The molecular weight excluding hydrogens is 649 g/mol. The van der Waals surface area contributed by atoms with Gasteiger partial charge in [0.1, 0.15) is 22.3 Å². The van der Waals surface area contributed by atoms with Gasteiger partial charge in [-0.05, 0) is 72.9 Å². The molecule has 5 rings (SSSR count). The van der Waals surface area contributed by atoms with E-state index >= 15 is 4.39 Å². The monoisotopic (exact) mass is 672 g/mol. The molecule has 1 heterocycles. The Morgan fingerprint density at radius 3 is 2.02 bits per heavy atom. The highest BCUT2D eigenvalue weighted by Gasteiger charge is 2.39. The van der Waals surface area contributed by atoms with Crippen LogP contribution in [0.5, 0.6) is 0 Å². The van der Waals surface area contributed by atoms with Crippen LogP contribution in [-0.4, -0.2) is 46.3 Å². The standard InChI is InChI=1S/C31H24Cl2F6N2O2S/c1-40(33)20-7-9-21(10-8-20)41(30(43)28-26(32)25-23(35)12-13-24(36)27(25)44-28)15-19-14-18(6-11-22(19)34)16-2-4-17(5-3-16)29(42)31(37,38)39/h2-6,11-14,20-21H,7-10,15H2,1H3. The SMILES string of the molecule is CN(Cl)C1CCC(N(Cc2cc(-c3ccc(C(=O)C(F)(F)F)cc3)ccc2F)C(=O)c2sc3c(F)ccc(F)c3c2Cl)CC1. The molecule has 1 aliphatic rings. The van der Waals surface area contributed by atoms with Gasteiger partial charge in [0.2, 0.25) is 0 Å². The maximum Gasteiger partial charge on any atom is 0.454 e. The Kier molecular flexibility index (Phi) is 9.32. The Morgan fingerprint density at radius 1 is 0.864 bits per heavy atom. The van der Waals surface area contributed by atoms with Crippen molar-refractivity contribution in [3.05, 3.63) is 93.1 Å². The second kappa shape index (κ2) is 12.7. The van der Waals surface area contributed by atoms with Gasteiger partial charge in [0.25, 0.3) is 11.7 Å². The molecule has 0 aliphatic heterocycles. The van der Waals surface area contributed by atoms with E-state index in [2.05, 4.69) is 0 Å². The Hall–Kier alpha value is -3.12. The number of carbonyl (C=O) groups excluding carboxylic acids is 2.